The highest BCUT2D eigenvalue weighted by molar-refractivity contribution is 7.89. The third-order valence-corrected chi connectivity index (χ3v) is 5.02. The molecule has 20 heavy (non-hydrogen) atoms. The minimum absolute atomic E-state index is 0.0130. The molecule has 1 aromatic carbocycles. The van der Waals surface area contributed by atoms with Crippen molar-refractivity contribution in [2.24, 2.45) is 0 Å². The second-order valence-electron chi connectivity index (χ2n) is 4.72. The van der Waals surface area contributed by atoms with E-state index in [0.29, 0.717) is 0 Å². The van der Waals surface area contributed by atoms with Crippen LogP contribution in [0, 0.1) is 5.82 Å². The van der Waals surface area contributed by atoms with Crippen molar-refractivity contribution in [1.29, 1.82) is 0 Å². The van der Waals surface area contributed by atoms with Gasteiger partial charge in [0.25, 0.3) is 0 Å². The van der Waals surface area contributed by atoms with E-state index in [-0.39, 0.29) is 30.7 Å². The highest BCUT2D eigenvalue weighted by Gasteiger charge is 2.34. The number of nitrogens with two attached hydrogens (primary N) is 1. The van der Waals surface area contributed by atoms with Crippen LogP contribution >= 0.6 is 0 Å². The lowest BCUT2D eigenvalue weighted by Crippen LogP contribution is -2.50. The number of para-hydroxylation sites is 1. The Morgan fingerprint density at radius 2 is 2.20 bits per heavy atom. The Hall–Kier alpha value is -1.22. The largest absolute Gasteiger partial charge is 0.395 e. The number of aliphatic hydroxyl groups is 1. The maximum atomic E-state index is 13.4. The molecule has 3 N–H and O–H groups in total. The van der Waals surface area contributed by atoms with Gasteiger partial charge in [-0.25, -0.2) is 12.8 Å². The molecule has 1 aromatic rings. The Bertz CT molecular complexity index is 593. The number of hydrogen-bond donors (Lipinski definition) is 2. The lowest BCUT2D eigenvalue weighted by Gasteiger charge is -2.35. The van der Waals surface area contributed by atoms with Gasteiger partial charge in [-0.15, -0.1) is 0 Å². The van der Waals surface area contributed by atoms with Crippen molar-refractivity contribution in [3.63, 3.8) is 0 Å². The minimum Gasteiger partial charge on any atom is -0.395 e. The van der Waals surface area contributed by atoms with Gasteiger partial charge in [0.1, 0.15) is 10.7 Å². The van der Waals surface area contributed by atoms with Gasteiger partial charge < -0.3 is 15.6 Å². The van der Waals surface area contributed by atoms with Crippen molar-refractivity contribution >= 4 is 15.7 Å². The number of hydrogen-bond acceptors (Lipinski definition) is 5. The zero-order valence-electron chi connectivity index (χ0n) is 11.0. The second-order valence-corrected chi connectivity index (χ2v) is 6.63. The van der Waals surface area contributed by atoms with Crippen molar-refractivity contribution in [2.75, 3.05) is 25.4 Å². The van der Waals surface area contributed by atoms with Gasteiger partial charge in [0, 0.05) is 13.1 Å². The summed E-state index contributed by atoms with van der Waals surface area (Å²) >= 11 is 0. The first-order valence-electron chi connectivity index (χ1n) is 6.16. The summed E-state index contributed by atoms with van der Waals surface area (Å²) in [7, 11) is -3.91. The van der Waals surface area contributed by atoms with Crippen LogP contribution < -0.4 is 5.73 Å². The van der Waals surface area contributed by atoms with E-state index in [4.69, 9.17) is 15.6 Å². The Labute approximate surface area is 117 Å². The van der Waals surface area contributed by atoms with E-state index in [1.165, 1.54) is 12.1 Å². The van der Waals surface area contributed by atoms with Gasteiger partial charge in [0.2, 0.25) is 10.0 Å². The van der Waals surface area contributed by atoms with Crippen LogP contribution in [-0.4, -0.2) is 49.7 Å². The molecule has 2 rings (SSSR count). The highest BCUT2D eigenvalue weighted by atomic mass is 32.2. The van der Waals surface area contributed by atoms with Gasteiger partial charge in [-0.05, 0) is 19.1 Å². The smallest absolute Gasteiger partial charge is 0.245 e. The number of sulfonamides is 1. The topological polar surface area (TPSA) is 92.9 Å². The van der Waals surface area contributed by atoms with E-state index in [9.17, 15) is 12.8 Å². The Morgan fingerprint density at radius 3 is 2.85 bits per heavy atom. The molecular formula is C12H17FN2O4S. The number of anilines is 1. The Kier molecular flexibility index (Phi) is 4.28. The third kappa shape index (κ3) is 2.78. The van der Waals surface area contributed by atoms with Crippen LogP contribution in [0.25, 0.3) is 0 Å². The maximum Gasteiger partial charge on any atom is 0.245 e. The first-order chi connectivity index (χ1) is 9.36. The number of nitrogens with zero attached hydrogens (tertiary/aromatic N) is 1. The molecule has 1 fully saturated rings. The van der Waals surface area contributed by atoms with Gasteiger partial charge in [-0.3, -0.25) is 0 Å². The summed E-state index contributed by atoms with van der Waals surface area (Å²) in [5.41, 5.74) is 5.12. The SMILES string of the molecule is CC1CN(S(=O)(=O)c2cccc(F)c2N)CC(CO)O1. The van der Waals surface area contributed by atoms with Gasteiger partial charge in [0.05, 0.1) is 24.5 Å². The molecule has 0 bridgehead atoms. The molecule has 0 aliphatic carbocycles. The van der Waals surface area contributed by atoms with Crippen LogP contribution in [0.3, 0.4) is 0 Å². The average molecular weight is 304 g/mol. The van der Waals surface area contributed by atoms with E-state index in [0.717, 1.165) is 10.4 Å². The van der Waals surface area contributed by atoms with Crippen LogP contribution in [0.1, 0.15) is 6.92 Å². The number of aliphatic hydroxyl groups excluding tert-OH is 1. The fourth-order valence-corrected chi connectivity index (χ4v) is 3.85. The van der Waals surface area contributed by atoms with Crippen molar-refractivity contribution in [1.82, 2.24) is 4.31 Å². The third-order valence-electron chi connectivity index (χ3n) is 3.13. The zero-order valence-corrected chi connectivity index (χ0v) is 11.8. The molecule has 112 valence electrons. The minimum atomic E-state index is -3.91. The standard InChI is InChI=1S/C12H17FN2O4S/c1-8-5-15(6-9(7-16)19-8)20(17,18)11-4-2-3-10(13)12(11)14/h2-4,8-9,16H,5-7,14H2,1H3. The number of benzene rings is 1. The number of ether oxygens (including phenoxy) is 1. The maximum absolute atomic E-state index is 13.4. The van der Waals surface area contributed by atoms with Gasteiger partial charge >= 0.3 is 0 Å². The van der Waals surface area contributed by atoms with E-state index < -0.39 is 27.6 Å². The van der Waals surface area contributed by atoms with Crippen molar-refractivity contribution in [3.05, 3.63) is 24.0 Å². The summed E-state index contributed by atoms with van der Waals surface area (Å²) in [5.74, 6) is -0.772. The van der Waals surface area contributed by atoms with Crippen LogP contribution in [-0.2, 0) is 14.8 Å². The molecule has 6 nitrogen and oxygen atoms in total. The molecule has 1 aliphatic rings. The average Bonchev–Trinajstić information content (AvgIpc) is 2.40. The van der Waals surface area contributed by atoms with E-state index >= 15 is 0 Å². The van der Waals surface area contributed by atoms with Crippen molar-refractivity contribution in [3.8, 4) is 0 Å². The number of halogens is 1. The second kappa shape index (κ2) is 5.65. The summed E-state index contributed by atoms with van der Waals surface area (Å²) in [4.78, 5) is -0.261. The molecule has 0 aromatic heterocycles. The van der Waals surface area contributed by atoms with E-state index in [1.807, 2.05) is 0 Å². The lowest BCUT2D eigenvalue weighted by molar-refractivity contribution is -0.0750. The molecule has 2 unspecified atom stereocenters. The first-order valence-corrected chi connectivity index (χ1v) is 7.60. The molecule has 0 spiro atoms. The van der Waals surface area contributed by atoms with Gasteiger partial charge in [-0.2, -0.15) is 4.31 Å². The monoisotopic (exact) mass is 304 g/mol. The predicted molar refractivity (Wildman–Crippen MR) is 71.0 cm³/mol. The molecule has 1 heterocycles. The highest BCUT2D eigenvalue weighted by Crippen LogP contribution is 2.26. The first kappa shape index (κ1) is 15.2. The molecular weight excluding hydrogens is 287 g/mol. The summed E-state index contributed by atoms with van der Waals surface area (Å²) in [6.07, 6.45) is -0.950. The number of rotatable bonds is 3. The summed E-state index contributed by atoms with van der Waals surface area (Å²) in [5, 5.41) is 9.13. The summed E-state index contributed by atoms with van der Waals surface area (Å²) < 4.78 is 45.0. The van der Waals surface area contributed by atoms with Gasteiger partial charge in [-0.1, -0.05) is 6.07 Å². The van der Waals surface area contributed by atoms with Crippen molar-refractivity contribution < 1.29 is 22.7 Å². The van der Waals surface area contributed by atoms with E-state index in [1.54, 1.807) is 6.92 Å². The molecule has 1 saturated heterocycles. The number of morpholine rings is 1. The molecule has 8 heteroatoms. The molecule has 0 amide bonds. The van der Waals surface area contributed by atoms with Crippen LogP contribution in [0.4, 0.5) is 10.1 Å². The lowest BCUT2D eigenvalue weighted by atomic mass is 10.2. The predicted octanol–water partition coefficient (Wildman–Crippen LogP) is 0.178. The Morgan fingerprint density at radius 1 is 1.50 bits per heavy atom. The fourth-order valence-electron chi connectivity index (χ4n) is 2.18. The molecule has 0 saturated carbocycles. The van der Waals surface area contributed by atoms with Crippen LogP contribution in [0.15, 0.2) is 23.1 Å². The van der Waals surface area contributed by atoms with E-state index in [2.05, 4.69) is 0 Å². The fraction of sp³-hybridized carbons (Fsp3) is 0.500. The van der Waals surface area contributed by atoms with Gasteiger partial charge in [0.15, 0.2) is 0 Å². The zero-order chi connectivity index (χ0) is 14.9. The molecule has 1 aliphatic heterocycles. The normalized spacial score (nSPS) is 24.8. The summed E-state index contributed by atoms with van der Waals surface area (Å²) in [6, 6.07) is 3.67. The summed E-state index contributed by atoms with van der Waals surface area (Å²) in [6.45, 7) is 1.57. The number of nitrogen functional groups attached to an aromatic ring is 1. The molecule has 0 radical (unpaired) electrons. The van der Waals surface area contributed by atoms with Crippen LogP contribution in [0.2, 0.25) is 0 Å². The molecule has 2 atom stereocenters. The van der Waals surface area contributed by atoms with Crippen LogP contribution in [0.5, 0.6) is 0 Å². The van der Waals surface area contributed by atoms with Crippen molar-refractivity contribution in [2.45, 2.75) is 24.0 Å². The quantitative estimate of drug-likeness (QED) is 0.777. The Balaban J connectivity index is 2.37.